The maximum absolute atomic E-state index is 13.1. The molecule has 8 nitrogen and oxygen atoms in total. The van der Waals surface area contributed by atoms with Crippen molar-refractivity contribution in [3.63, 3.8) is 0 Å². The quantitative estimate of drug-likeness (QED) is 0.656. The van der Waals surface area contributed by atoms with E-state index in [-0.39, 0.29) is 17.7 Å². The van der Waals surface area contributed by atoms with E-state index in [1.807, 2.05) is 28.0 Å². The number of hydrogen-bond acceptors (Lipinski definition) is 6. The minimum Gasteiger partial charge on any atom is -0.497 e. The topological polar surface area (TPSA) is 79.4 Å². The lowest BCUT2D eigenvalue weighted by Crippen LogP contribution is -2.51. The van der Waals surface area contributed by atoms with Crippen LogP contribution in [0.4, 0.5) is 0 Å². The predicted molar refractivity (Wildman–Crippen MR) is 111 cm³/mol. The Morgan fingerprint density at radius 2 is 1.83 bits per heavy atom. The van der Waals surface area contributed by atoms with E-state index in [1.54, 1.807) is 21.1 Å². The number of piperazine rings is 1. The van der Waals surface area contributed by atoms with Crippen LogP contribution in [-0.4, -0.2) is 87.7 Å². The average Bonchev–Trinajstić information content (AvgIpc) is 3.23. The highest BCUT2D eigenvalue weighted by atomic mass is 32.2. The Morgan fingerprint density at radius 1 is 1.10 bits per heavy atom. The number of hydrogen-bond donors (Lipinski definition) is 0. The third kappa shape index (κ3) is 4.84. The Morgan fingerprint density at radius 3 is 2.45 bits per heavy atom. The second-order valence-corrected chi connectivity index (χ2v) is 9.69. The molecule has 0 N–H and O–H groups in total. The fraction of sp³-hybridized carbons (Fsp3) is 0.650. The first-order chi connectivity index (χ1) is 13.9. The van der Waals surface area contributed by atoms with Gasteiger partial charge in [0.2, 0.25) is 15.9 Å². The fourth-order valence-electron chi connectivity index (χ4n) is 4.12. The van der Waals surface area contributed by atoms with Gasteiger partial charge in [-0.3, -0.25) is 9.69 Å². The SMILES string of the molecule is CCS(=O)(=O)N1CCN(CC(=O)N2CCCC2c2cc(OC)ccc2OC)CC1. The zero-order chi connectivity index (χ0) is 21.0. The van der Waals surface area contributed by atoms with Gasteiger partial charge >= 0.3 is 0 Å². The van der Waals surface area contributed by atoms with Crippen LogP contribution in [0.15, 0.2) is 18.2 Å². The Bertz CT molecular complexity index is 821. The van der Waals surface area contributed by atoms with Crippen molar-refractivity contribution >= 4 is 15.9 Å². The van der Waals surface area contributed by atoms with Gasteiger partial charge in [-0.25, -0.2) is 8.42 Å². The van der Waals surface area contributed by atoms with Gasteiger partial charge in [-0.1, -0.05) is 0 Å². The lowest BCUT2D eigenvalue weighted by Gasteiger charge is -2.35. The van der Waals surface area contributed by atoms with Crippen molar-refractivity contribution < 1.29 is 22.7 Å². The number of likely N-dealkylation sites (tertiary alicyclic amines) is 1. The van der Waals surface area contributed by atoms with Crippen LogP contribution in [0.25, 0.3) is 0 Å². The molecule has 1 aromatic rings. The highest BCUT2D eigenvalue weighted by molar-refractivity contribution is 7.89. The number of sulfonamides is 1. The first-order valence-electron chi connectivity index (χ1n) is 10.1. The van der Waals surface area contributed by atoms with Crippen molar-refractivity contribution in [1.29, 1.82) is 0 Å². The monoisotopic (exact) mass is 425 g/mol. The molecule has 3 rings (SSSR count). The Hall–Kier alpha value is -1.84. The molecule has 1 atom stereocenters. The normalized spacial score (nSPS) is 21.3. The van der Waals surface area contributed by atoms with Gasteiger partial charge in [0.1, 0.15) is 11.5 Å². The molecule has 29 heavy (non-hydrogen) atoms. The lowest BCUT2D eigenvalue weighted by molar-refractivity contribution is -0.133. The van der Waals surface area contributed by atoms with Gasteiger partial charge in [-0.15, -0.1) is 0 Å². The molecule has 0 bridgehead atoms. The summed E-state index contributed by atoms with van der Waals surface area (Å²) in [5.41, 5.74) is 0.969. The molecule has 9 heteroatoms. The molecule has 2 heterocycles. The van der Waals surface area contributed by atoms with Crippen LogP contribution >= 0.6 is 0 Å². The molecule has 0 spiro atoms. The Balaban J connectivity index is 1.66. The van der Waals surface area contributed by atoms with Crippen molar-refractivity contribution in [2.75, 3.05) is 59.2 Å². The standard InChI is InChI=1S/C20H31N3O5S/c1-4-29(25,26)22-12-10-21(11-13-22)15-20(24)23-9-5-6-18(23)17-14-16(27-2)7-8-19(17)28-3/h7-8,14,18H,4-6,9-13,15H2,1-3H3. The number of benzene rings is 1. The van der Waals surface area contributed by atoms with E-state index in [1.165, 1.54) is 4.31 Å². The van der Waals surface area contributed by atoms with E-state index in [2.05, 4.69) is 0 Å². The van der Waals surface area contributed by atoms with Gasteiger partial charge in [0, 0.05) is 38.3 Å². The van der Waals surface area contributed by atoms with Crippen LogP contribution in [0, 0.1) is 0 Å². The second kappa shape index (κ2) is 9.32. The van der Waals surface area contributed by atoms with Crippen molar-refractivity contribution in [3.8, 4) is 11.5 Å². The highest BCUT2D eigenvalue weighted by Crippen LogP contribution is 2.39. The first kappa shape index (κ1) is 21.9. The molecule has 1 aromatic carbocycles. The average molecular weight is 426 g/mol. The molecule has 1 amide bonds. The molecule has 2 saturated heterocycles. The number of rotatable bonds is 7. The third-order valence-corrected chi connectivity index (χ3v) is 7.70. The molecular formula is C20H31N3O5S. The molecular weight excluding hydrogens is 394 g/mol. The van der Waals surface area contributed by atoms with Gasteiger partial charge in [-0.05, 0) is 38.0 Å². The molecule has 2 aliphatic rings. The largest absolute Gasteiger partial charge is 0.497 e. The maximum atomic E-state index is 13.1. The minimum absolute atomic E-state index is 0.0330. The summed E-state index contributed by atoms with van der Waals surface area (Å²) in [6.45, 7) is 4.72. The third-order valence-electron chi connectivity index (χ3n) is 5.82. The van der Waals surface area contributed by atoms with E-state index < -0.39 is 10.0 Å². The van der Waals surface area contributed by atoms with E-state index in [0.29, 0.717) is 39.3 Å². The van der Waals surface area contributed by atoms with Crippen LogP contribution in [0.1, 0.15) is 31.4 Å². The van der Waals surface area contributed by atoms with E-state index in [4.69, 9.17) is 9.47 Å². The molecule has 0 radical (unpaired) electrons. The Labute approximate surface area is 173 Å². The van der Waals surface area contributed by atoms with Crippen molar-refractivity contribution in [2.45, 2.75) is 25.8 Å². The van der Waals surface area contributed by atoms with Crippen molar-refractivity contribution in [2.24, 2.45) is 0 Å². The maximum Gasteiger partial charge on any atom is 0.237 e. The van der Waals surface area contributed by atoms with Gasteiger partial charge in [0.05, 0.1) is 32.6 Å². The van der Waals surface area contributed by atoms with Gasteiger partial charge in [0.25, 0.3) is 0 Å². The molecule has 1 unspecified atom stereocenters. The first-order valence-corrected chi connectivity index (χ1v) is 11.7. The summed E-state index contributed by atoms with van der Waals surface area (Å²) in [5, 5.41) is 0. The number of carbonyl (C=O) groups excluding carboxylic acids is 1. The van der Waals surface area contributed by atoms with Crippen LogP contribution in [-0.2, 0) is 14.8 Å². The zero-order valence-electron chi connectivity index (χ0n) is 17.5. The van der Waals surface area contributed by atoms with Crippen molar-refractivity contribution in [1.82, 2.24) is 14.1 Å². The highest BCUT2D eigenvalue weighted by Gasteiger charge is 2.34. The summed E-state index contributed by atoms with van der Waals surface area (Å²) in [6, 6.07) is 5.65. The lowest BCUT2D eigenvalue weighted by atomic mass is 10.0. The number of ether oxygens (including phenoxy) is 2. The number of amides is 1. The van der Waals surface area contributed by atoms with E-state index in [0.717, 1.165) is 29.9 Å². The summed E-state index contributed by atoms with van der Waals surface area (Å²) < 4.78 is 36.4. The summed E-state index contributed by atoms with van der Waals surface area (Å²) in [4.78, 5) is 17.0. The van der Waals surface area contributed by atoms with Gasteiger partial charge < -0.3 is 14.4 Å². The number of nitrogens with zero attached hydrogens (tertiary/aromatic N) is 3. The number of carbonyl (C=O) groups is 1. The molecule has 0 aromatic heterocycles. The van der Waals surface area contributed by atoms with E-state index in [9.17, 15) is 13.2 Å². The molecule has 2 aliphatic heterocycles. The van der Waals surface area contributed by atoms with Crippen LogP contribution in [0.5, 0.6) is 11.5 Å². The van der Waals surface area contributed by atoms with Gasteiger partial charge in [-0.2, -0.15) is 4.31 Å². The fourth-order valence-corrected chi connectivity index (χ4v) is 5.20. The molecule has 2 fully saturated rings. The van der Waals surface area contributed by atoms with Crippen LogP contribution in [0.2, 0.25) is 0 Å². The smallest absolute Gasteiger partial charge is 0.237 e. The molecule has 0 aliphatic carbocycles. The predicted octanol–water partition coefficient (Wildman–Crippen LogP) is 1.33. The van der Waals surface area contributed by atoms with Gasteiger partial charge in [0.15, 0.2) is 0 Å². The van der Waals surface area contributed by atoms with Crippen LogP contribution in [0.3, 0.4) is 0 Å². The minimum atomic E-state index is -3.16. The second-order valence-electron chi connectivity index (χ2n) is 7.43. The Kier molecular flexibility index (Phi) is 7.02. The summed E-state index contributed by atoms with van der Waals surface area (Å²) >= 11 is 0. The summed E-state index contributed by atoms with van der Waals surface area (Å²) in [5.74, 6) is 1.69. The van der Waals surface area contributed by atoms with Crippen LogP contribution < -0.4 is 9.47 Å². The summed E-state index contributed by atoms with van der Waals surface area (Å²) in [7, 11) is 0.0993. The molecule has 162 valence electrons. The van der Waals surface area contributed by atoms with Crippen molar-refractivity contribution in [3.05, 3.63) is 23.8 Å². The van der Waals surface area contributed by atoms with E-state index >= 15 is 0 Å². The zero-order valence-corrected chi connectivity index (χ0v) is 18.3. The summed E-state index contributed by atoms with van der Waals surface area (Å²) in [6.07, 6.45) is 1.83. The number of methoxy groups -OCH3 is 2. The molecule has 0 saturated carbocycles.